The van der Waals surface area contributed by atoms with Crippen molar-refractivity contribution in [3.8, 4) is 0 Å². The second-order valence-corrected chi connectivity index (χ2v) is 12.6. The molecule has 3 rings (SSSR count). The topological polar surface area (TPSA) is 6.48 Å². The summed E-state index contributed by atoms with van der Waals surface area (Å²) in [7, 11) is 0. The zero-order valence-corrected chi connectivity index (χ0v) is 22.7. The molecule has 6 heteroatoms. The van der Waals surface area contributed by atoms with E-state index in [1.807, 2.05) is 0 Å². The fourth-order valence-electron chi connectivity index (χ4n) is 4.28. The van der Waals surface area contributed by atoms with Gasteiger partial charge in [0.2, 0.25) is 3.48 Å². The van der Waals surface area contributed by atoms with Gasteiger partial charge in [-0.2, -0.15) is 0 Å². The van der Waals surface area contributed by atoms with Crippen LogP contribution in [0.25, 0.3) is 0 Å². The fraction of sp³-hybridized carbons (Fsp3) is 0.429. The van der Waals surface area contributed by atoms with Crippen LogP contribution in [0.4, 0.5) is 11.4 Å². The predicted octanol–water partition coefficient (Wildman–Crippen LogP) is 7.71. The van der Waals surface area contributed by atoms with E-state index in [0.717, 1.165) is 0 Å². The van der Waals surface area contributed by atoms with Crippen LogP contribution in [-0.4, -0.2) is 13.4 Å². The van der Waals surface area contributed by atoms with Gasteiger partial charge in [-0.25, -0.2) is 0 Å². The fourth-order valence-corrected chi connectivity index (χ4v) is 8.45. The largest absolute Gasteiger partial charge is 0.314 e. The smallest absolute Gasteiger partial charge is 0.230 e. The van der Waals surface area contributed by atoms with Gasteiger partial charge >= 0.3 is 0 Å². The van der Waals surface area contributed by atoms with Crippen LogP contribution >= 0.6 is 63.7 Å². The first-order chi connectivity index (χ1) is 12.5. The minimum absolute atomic E-state index is 0.0662. The molecular weight excluding hydrogens is 600 g/mol. The molecule has 0 spiro atoms. The number of hydrogen-bond donors (Lipinski definition) is 0. The Balaban J connectivity index is 2.20. The van der Waals surface area contributed by atoms with E-state index in [1.165, 1.54) is 44.8 Å². The molecule has 0 amide bonds. The Morgan fingerprint density at radius 1 is 0.630 bits per heavy atom. The number of halogens is 4. The van der Waals surface area contributed by atoms with Crippen molar-refractivity contribution in [1.82, 2.24) is 0 Å². The third kappa shape index (κ3) is 3.64. The summed E-state index contributed by atoms with van der Waals surface area (Å²) in [5.41, 5.74) is 10.1. The summed E-state index contributed by atoms with van der Waals surface area (Å²) in [6.07, 6.45) is 0. The van der Waals surface area contributed by atoms with Crippen molar-refractivity contribution in [2.75, 3.05) is 9.80 Å². The Kier molecular flexibility index (Phi) is 6.14. The lowest BCUT2D eigenvalue weighted by molar-refractivity contribution is 0.837. The van der Waals surface area contributed by atoms with Crippen LogP contribution in [0.1, 0.15) is 33.4 Å². The molecule has 0 aromatic heterocycles. The van der Waals surface area contributed by atoms with Gasteiger partial charge < -0.3 is 9.80 Å². The normalized spacial score (nSPS) is 21.9. The molecule has 2 aromatic rings. The number of hydrogen-bond acceptors (Lipinski definition) is 2. The van der Waals surface area contributed by atoms with E-state index in [1.54, 1.807) is 0 Å². The maximum atomic E-state index is 4.01. The molecule has 0 saturated carbocycles. The Morgan fingerprint density at radius 2 is 0.889 bits per heavy atom. The van der Waals surface area contributed by atoms with Crippen LogP contribution in [0.5, 0.6) is 0 Å². The Bertz CT molecular complexity index is 776. The van der Waals surface area contributed by atoms with Crippen LogP contribution in [0.3, 0.4) is 0 Å². The molecule has 2 atom stereocenters. The third-order valence-corrected chi connectivity index (χ3v) is 9.11. The van der Waals surface area contributed by atoms with E-state index < -0.39 is 3.48 Å². The molecule has 1 aliphatic rings. The lowest BCUT2D eigenvalue weighted by atomic mass is 10.0. The second kappa shape index (κ2) is 7.66. The monoisotopic (exact) mass is 620 g/mol. The summed E-state index contributed by atoms with van der Waals surface area (Å²) >= 11 is 15.9. The molecule has 1 fully saturated rings. The molecule has 1 heterocycles. The number of nitrogens with zero attached hydrogens (tertiary/aromatic N) is 2. The third-order valence-electron chi connectivity index (χ3n) is 5.05. The highest BCUT2D eigenvalue weighted by Crippen LogP contribution is 2.55. The van der Waals surface area contributed by atoms with Crippen LogP contribution in [0.15, 0.2) is 24.3 Å². The molecule has 146 valence electrons. The zero-order valence-electron chi connectivity index (χ0n) is 16.4. The number of anilines is 2. The minimum Gasteiger partial charge on any atom is -0.314 e. The Morgan fingerprint density at radius 3 is 1.15 bits per heavy atom. The standard InChI is InChI=1S/C21H24Br4N2/c1-11-7-13(3)17(14(4)8-11)26-19(22)20(23)27(21(26,24)25)18-15(5)9-12(2)10-16(18)6/h7-10,19-20H,1-6H3. The molecule has 27 heavy (non-hydrogen) atoms. The van der Waals surface area contributed by atoms with Crippen LogP contribution in [0, 0.1) is 41.5 Å². The van der Waals surface area contributed by atoms with Gasteiger partial charge in [0.25, 0.3) is 0 Å². The van der Waals surface area contributed by atoms with Gasteiger partial charge in [-0.1, -0.05) is 67.3 Å². The highest BCUT2D eigenvalue weighted by molar-refractivity contribution is 9.25. The van der Waals surface area contributed by atoms with Crippen molar-refractivity contribution in [3.63, 3.8) is 0 Å². The molecule has 0 bridgehead atoms. The summed E-state index contributed by atoms with van der Waals surface area (Å²) in [5.74, 6) is 0. The van der Waals surface area contributed by atoms with Crippen molar-refractivity contribution in [3.05, 3.63) is 57.6 Å². The van der Waals surface area contributed by atoms with Crippen molar-refractivity contribution in [2.45, 2.75) is 54.9 Å². The van der Waals surface area contributed by atoms with Crippen molar-refractivity contribution >= 4 is 75.1 Å². The average molecular weight is 624 g/mol. The van der Waals surface area contributed by atoms with E-state index in [4.69, 9.17) is 0 Å². The van der Waals surface area contributed by atoms with Gasteiger partial charge in [0.15, 0.2) is 0 Å². The van der Waals surface area contributed by atoms with Gasteiger partial charge in [0.05, 0.1) is 0 Å². The molecule has 0 N–H and O–H groups in total. The van der Waals surface area contributed by atoms with Gasteiger partial charge in [-0.3, -0.25) is 0 Å². The van der Waals surface area contributed by atoms with Crippen molar-refractivity contribution < 1.29 is 0 Å². The molecule has 0 aliphatic carbocycles. The quantitative estimate of drug-likeness (QED) is 0.250. The molecule has 2 aromatic carbocycles. The maximum absolute atomic E-state index is 4.01. The zero-order chi connectivity index (χ0) is 20.3. The number of aryl methyl sites for hydroxylation is 6. The first-order valence-electron chi connectivity index (χ1n) is 8.87. The van der Waals surface area contributed by atoms with Crippen LogP contribution in [0.2, 0.25) is 0 Å². The minimum atomic E-state index is -0.572. The lowest BCUT2D eigenvalue weighted by Crippen LogP contribution is -2.45. The van der Waals surface area contributed by atoms with Gasteiger partial charge in [0, 0.05) is 11.4 Å². The van der Waals surface area contributed by atoms with E-state index in [9.17, 15) is 0 Å². The summed E-state index contributed by atoms with van der Waals surface area (Å²) in [6.45, 7) is 13.0. The average Bonchev–Trinajstić information content (AvgIpc) is 2.67. The van der Waals surface area contributed by atoms with E-state index in [0.29, 0.717) is 0 Å². The van der Waals surface area contributed by atoms with Crippen molar-refractivity contribution in [2.24, 2.45) is 0 Å². The summed E-state index contributed by atoms with van der Waals surface area (Å²) in [4.78, 5) is 4.85. The summed E-state index contributed by atoms with van der Waals surface area (Å²) in [5, 5.41) is 0. The molecular formula is C21H24Br4N2. The van der Waals surface area contributed by atoms with E-state index in [-0.39, 0.29) is 9.90 Å². The highest BCUT2D eigenvalue weighted by atomic mass is 79.9. The van der Waals surface area contributed by atoms with E-state index >= 15 is 0 Å². The summed E-state index contributed by atoms with van der Waals surface area (Å²) < 4.78 is -0.572. The SMILES string of the molecule is Cc1cc(C)c(N2C(Br)C(Br)N(c3c(C)cc(C)cc3C)C2(Br)Br)c(C)c1. The Labute approximate surface area is 196 Å². The molecule has 1 saturated heterocycles. The van der Waals surface area contributed by atoms with Crippen molar-refractivity contribution in [1.29, 1.82) is 0 Å². The molecule has 2 unspecified atom stereocenters. The highest BCUT2D eigenvalue weighted by Gasteiger charge is 2.55. The van der Waals surface area contributed by atoms with Crippen LogP contribution in [-0.2, 0) is 0 Å². The number of alkyl halides is 4. The number of rotatable bonds is 2. The maximum Gasteiger partial charge on any atom is 0.230 e. The summed E-state index contributed by atoms with van der Waals surface area (Å²) in [6, 6.07) is 8.97. The number of benzene rings is 2. The molecule has 0 radical (unpaired) electrons. The Hall–Kier alpha value is -0.0400. The molecule has 1 aliphatic heterocycles. The van der Waals surface area contributed by atoms with E-state index in [2.05, 4.69) is 139 Å². The lowest BCUT2D eigenvalue weighted by Gasteiger charge is -2.39. The molecule has 2 nitrogen and oxygen atoms in total. The van der Waals surface area contributed by atoms with Gasteiger partial charge in [-0.15, -0.1) is 0 Å². The first-order valence-corrected chi connectivity index (χ1v) is 12.3. The first kappa shape index (κ1) is 21.7. The second-order valence-electron chi connectivity index (χ2n) is 7.49. The van der Waals surface area contributed by atoms with Crippen LogP contribution < -0.4 is 9.80 Å². The van der Waals surface area contributed by atoms with Gasteiger partial charge in [0.1, 0.15) is 9.90 Å². The predicted molar refractivity (Wildman–Crippen MR) is 132 cm³/mol. The van der Waals surface area contributed by atoms with Gasteiger partial charge in [-0.05, 0) is 95.7 Å².